The molecule has 0 aliphatic carbocycles. The number of nitrogens with zero attached hydrogens (tertiary/aromatic N) is 2. The Labute approximate surface area is 146 Å². The molecule has 0 unspecified atom stereocenters. The maximum atomic E-state index is 12.1. The molecule has 0 bridgehead atoms. The van der Waals surface area contributed by atoms with Crippen molar-refractivity contribution in [2.45, 2.75) is 32.4 Å². The van der Waals surface area contributed by atoms with Gasteiger partial charge in [0.25, 0.3) is 0 Å². The number of aromatic nitrogens is 2. The largest absolute Gasteiger partial charge is 0.376 e. The molecule has 2 N–H and O–H groups in total. The third-order valence-corrected chi connectivity index (χ3v) is 4.16. The lowest BCUT2D eigenvalue weighted by Crippen LogP contribution is -2.35. The van der Waals surface area contributed by atoms with E-state index in [1.54, 1.807) is 4.68 Å². The Morgan fingerprint density at radius 2 is 2.21 bits per heavy atom. The van der Waals surface area contributed by atoms with Gasteiger partial charge in [-0.25, -0.2) is 9.48 Å². The highest BCUT2D eigenvalue weighted by Gasteiger charge is 2.17. The first-order chi connectivity index (χ1) is 11.6. The molecule has 2 aromatic rings. The predicted molar refractivity (Wildman–Crippen MR) is 93.5 cm³/mol. The Morgan fingerprint density at radius 1 is 1.42 bits per heavy atom. The lowest BCUT2D eigenvalue weighted by Gasteiger charge is -2.13. The van der Waals surface area contributed by atoms with E-state index in [9.17, 15) is 4.79 Å². The molecule has 2 heterocycles. The lowest BCUT2D eigenvalue weighted by molar-refractivity contribution is 0.112. The fourth-order valence-corrected chi connectivity index (χ4v) is 2.83. The van der Waals surface area contributed by atoms with E-state index >= 15 is 0 Å². The third kappa shape index (κ3) is 4.49. The number of urea groups is 1. The molecule has 1 atom stereocenters. The maximum absolute atomic E-state index is 12.1. The summed E-state index contributed by atoms with van der Waals surface area (Å²) >= 11 is 5.91. The van der Waals surface area contributed by atoms with Gasteiger partial charge < -0.3 is 10.1 Å². The van der Waals surface area contributed by atoms with E-state index in [0.29, 0.717) is 23.9 Å². The molecule has 1 fully saturated rings. The Bertz CT molecular complexity index is 693. The summed E-state index contributed by atoms with van der Waals surface area (Å²) in [6.07, 6.45) is 2.17. The molecule has 1 aromatic carbocycles. The highest BCUT2D eigenvalue weighted by atomic mass is 35.5. The standard InChI is InChI=1S/C17H21ClN4O2/c1-12-9-16(20-17(23)19-10-15-3-2-8-24-15)22(21-12)11-13-4-6-14(18)7-5-13/h4-7,9,15H,2-3,8,10-11H2,1H3,(H2,19,20,23)/t15-/m1/s1. The summed E-state index contributed by atoms with van der Waals surface area (Å²) < 4.78 is 7.27. The summed E-state index contributed by atoms with van der Waals surface area (Å²) in [6, 6.07) is 9.18. The Hall–Kier alpha value is -2.05. The number of aryl methyl sites for hydroxylation is 1. The van der Waals surface area contributed by atoms with E-state index in [-0.39, 0.29) is 12.1 Å². The van der Waals surface area contributed by atoms with Crippen LogP contribution in [0, 0.1) is 6.92 Å². The zero-order chi connectivity index (χ0) is 16.9. The van der Waals surface area contributed by atoms with Gasteiger partial charge in [0.1, 0.15) is 5.82 Å². The second-order valence-electron chi connectivity index (χ2n) is 5.93. The topological polar surface area (TPSA) is 68.2 Å². The summed E-state index contributed by atoms with van der Waals surface area (Å²) in [5, 5.41) is 10.8. The van der Waals surface area contributed by atoms with Gasteiger partial charge in [0.05, 0.1) is 18.3 Å². The first-order valence-electron chi connectivity index (χ1n) is 8.05. The summed E-state index contributed by atoms with van der Waals surface area (Å²) in [5.74, 6) is 0.660. The minimum Gasteiger partial charge on any atom is -0.376 e. The quantitative estimate of drug-likeness (QED) is 0.871. The van der Waals surface area contributed by atoms with Crippen LogP contribution in [0.5, 0.6) is 0 Å². The number of halogens is 1. The molecule has 6 nitrogen and oxygen atoms in total. The van der Waals surface area contributed by atoms with Crippen molar-refractivity contribution < 1.29 is 9.53 Å². The molecule has 1 saturated heterocycles. The molecule has 0 spiro atoms. The molecule has 1 aliphatic heterocycles. The van der Waals surface area contributed by atoms with Crippen molar-refractivity contribution >= 4 is 23.4 Å². The highest BCUT2D eigenvalue weighted by molar-refractivity contribution is 6.30. The first-order valence-corrected chi connectivity index (χ1v) is 8.43. The van der Waals surface area contributed by atoms with Gasteiger partial charge in [-0.2, -0.15) is 5.10 Å². The van der Waals surface area contributed by atoms with Crippen LogP contribution in [0.15, 0.2) is 30.3 Å². The minimum absolute atomic E-state index is 0.122. The van der Waals surface area contributed by atoms with Crippen molar-refractivity contribution in [3.05, 3.63) is 46.6 Å². The summed E-state index contributed by atoms with van der Waals surface area (Å²) in [5.41, 5.74) is 1.91. The van der Waals surface area contributed by atoms with Crippen LogP contribution < -0.4 is 10.6 Å². The number of amides is 2. The number of benzene rings is 1. The van der Waals surface area contributed by atoms with Gasteiger partial charge in [-0.3, -0.25) is 5.32 Å². The van der Waals surface area contributed by atoms with Gasteiger partial charge in [0.15, 0.2) is 0 Å². The van der Waals surface area contributed by atoms with E-state index in [4.69, 9.17) is 16.3 Å². The Kier molecular flexibility index (Phi) is 5.37. The average molecular weight is 349 g/mol. The average Bonchev–Trinajstić information content (AvgIpc) is 3.18. The van der Waals surface area contributed by atoms with Crippen LogP contribution in [0.4, 0.5) is 10.6 Å². The molecule has 1 aliphatic rings. The van der Waals surface area contributed by atoms with E-state index in [1.165, 1.54) is 0 Å². The first kappa shape index (κ1) is 16.8. The second kappa shape index (κ2) is 7.68. The van der Waals surface area contributed by atoms with Crippen LogP contribution >= 0.6 is 11.6 Å². The number of carbonyl (C=O) groups is 1. The number of hydrogen-bond acceptors (Lipinski definition) is 3. The van der Waals surface area contributed by atoms with E-state index in [0.717, 1.165) is 30.7 Å². The third-order valence-electron chi connectivity index (χ3n) is 3.90. The lowest BCUT2D eigenvalue weighted by atomic mass is 10.2. The molecule has 128 valence electrons. The van der Waals surface area contributed by atoms with Crippen molar-refractivity contribution in [1.29, 1.82) is 0 Å². The van der Waals surface area contributed by atoms with Crippen molar-refractivity contribution in [3.8, 4) is 0 Å². The van der Waals surface area contributed by atoms with Crippen LogP contribution in [-0.4, -0.2) is 35.1 Å². The number of rotatable bonds is 5. The molecule has 7 heteroatoms. The van der Waals surface area contributed by atoms with Gasteiger partial charge in [-0.15, -0.1) is 0 Å². The smallest absolute Gasteiger partial charge is 0.320 e. The SMILES string of the molecule is Cc1cc(NC(=O)NC[C@H]2CCCO2)n(Cc2ccc(Cl)cc2)n1. The van der Waals surface area contributed by atoms with Crippen LogP contribution in [0.3, 0.4) is 0 Å². The van der Waals surface area contributed by atoms with Gasteiger partial charge in [-0.1, -0.05) is 23.7 Å². The summed E-state index contributed by atoms with van der Waals surface area (Å²) in [7, 11) is 0. The molecule has 3 rings (SSSR count). The molecular formula is C17H21ClN4O2. The number of anilines is 1. The van der Waals surface area contributed by atoms with Crippen LogP contribution in [0.2, 0.25) is 5.02 Å². The van der Waals surface area contributed by atoms with Crippen molar-refractivity contribution in [1.82, 2.24) is 15.1 Å². The molecule has 0 saturated carbocycles. The Morgan fingerprint density at radius 3 is 2.92 bits per heavy atom. The summed E-state index contributed by atoms with van der Waals surface area (Å²) in [4.78, 5) is 12.1. The van der Waals surface area contributed by atoms with Gasteiger partial charge >= 0.3 is 6.03 Å². The van der Waals surface area contributed by atoms with Crippen molar-refractivity contribution in [3.63, 3.8) is 0 Å². The van der Waals surface area contributed by atoms with Gasteiger partial charge in [0.2, 0.25) is 0 Å². The van der Waals surface area contributed by atoms with E-state index < -0.39 is 0 Å². The predicted octanol–water partition coefficient (Wildman–Crippen LogP) is 3.19. The van der Waals surface area contributed by atoms with Crippen molar-refractivity contribution in [2.24, 2.45) is 0 Å². The fraction of sp³-hybridized carbons (Fsp3) is 0.412. The van der Waals surface area contributed by atoms with E-state index in [2.05, 4.69) is 15.7 Å². The molecule has 2 amide bonds. The maximum Gasteiger partial charge on any atom is 0.320 e. The van der Waals surface area contributed by atoms with Gasteiger partial charge in [0, 0.05) is 24.2 Å². The Balaban J connectivity index is 1.60. The number of nitrogens with one attached hydrogen (secondary N) is 2. The fourth-order valence-electron chi connectivity index (χ4n) is 2.70. The highest BCUT2D eigenvalue weighted by Crippen LogP contribution is 2.15. The molecular weight excluding hydrogens is 328 g/mol. The van der Waals surface area contributed by atoms with Crippen LogP contribution in [0.25, 0.3) is 0 Å². The van der Waals surface area contributed by atoms with Crippen LogP contribution in [0.1, 0.15) is 24.1 Å². The van der Waals surface area contributed by atoms with E-state index in [1.807, 2.05) is 37.3 Å². The second-order valence-corrected chi connectivity index (χ2v) is 6.36. The normalized spacial score (nSPS) is 17.0. The summed E-state index contributed by atoms with van der Waals surface area (Å²) in [6.45, 7) is 3.76. The number of hydrogen-bond donors (Lipinski definition) is 2. The number of ether oxygens (including phenoxy) is 1. The molecule has 0 radical (unpaired) electrons. The number of carbonyl (C=O) groups excluding carboxylic acids is 1. The zero-order valence-electron chi connectivity index (χ0n) is 13.6. The monoisotopic (exact) mass is 348 g/mol. The molecule has 1 aromatic heterocycles. The molecule has 24 heavy (non-hydrogen) atoms. The zero-order valence-corrected chi connectivity index (χ0v) is 14.3. The van der Waals surface area contributed by atoms with Crippen LogP contribution in [-0.2, 0) is 11.3 Å². The van der Waals surface area contributed by atoms with Gasteiger partial charge in [-0.05, 0) is 37.5 Å². The van der Waals surface area contributed by atoms with Crippen molar-refractivity contribution in [2.75, 3.05) is 18.5 Å². The minimum atomic E-state index is -0.247.